The van der Waals surface area contributed by atoms with Crippen LogP contribution in [0.1, 0.15) is 0 Å². The van der Waals surface area contributed by atoms with Crippen molar-refractivity contribution in [1.82, 2.24) is 0 Å². The summed E-state index contributed by atoms with van der Waals surface area (Å²) < 4.78 is 29.2. The average Bonchev–Trinajstić information content (AvgIpc) is 2.48. The van der Waals surface area contributed by atoms with Gasteiger partial charge in [0.2, 0.25) is 0 Å². The van der Waals surface area contributed by atoms with Crippen LogP contribution < -0.4 is 0 Å². The standard InChI is InChI=1S/C18H10ClF2I/c19-13-4-1-11(2-5-13)15-7-3-12(9-17(15)20)16-8-6-14(22)10-18(16)21/h1-10H. The first-order valence-corrected chi connectivity index (χ1v) is 8.01. The van der Waals surface area contributed by atoms with E-state index in [0.29, 0.717) is 21.7 Å². The van der Waals surface area contributed by atoms with E-state index < -0.39 is 5.82 Å². The molecule has 0 heterocycles. The van der Waals surface area contributed by atoms with Crippen molar-refractivity contribution in [3.05, 3.63) is 80.9 Å². The fourth-order valence-electron chi connectivity index (χ4n) is 2.27. The molecule has 0 aliphatic heterocycles. The van der Waals surface area contributed by atoms with Gasteiger partial charge in [0.15, 0.2) is 0 Å². The number of hydrogen-bond donors (Lipinski definition) is 0. The van der Waals surface area contributed by atoms with E-state index >= 15 is 0 Å². The van der Waals surface area contributed by atoms with Gasteiger partial charge in [-0.1, -0.05) is 41.9 Å². The molecule has 3 rings (SSSR count). The zero-order chi connectivity index (χ0) is 15.7. The molecule has 0 aliphatic rings. The second-order valence-electron chi connectivity index (χ2n) is 4.83. The minimum atomic E-state index is -0.391. The lowest BCUT2D eigenvalue weighted by Crippen LogP contribution is -1.89. The molecule has 0 radical (unpaired) electrons. The van der Waals surface area contributed by atoms with Crippen LogP contribution >= 0.6 is 34.2 Å². The second kappa shape index (κ2) is 6.34. The number of rotatable bonds is 2. The molecule has 110 valence electrons. The van der Waals surface area contributed by atoms with Crippen LogP contribution in [-0.4, -0.2) is 0 Å². The van der Waals surface area contributed by atoms with Crippen LogP contribution in [0.4, 0.5) is 8.78 Å². The van der Waals surface area contributed by atoms with E-state index in [-0.39, 0.29) is 5.82 Å². The first kappa shape index (κ1) is 15.4. The van der Waals surface area contributed by atoms with E-state index in [4.69, 9.17) is 11.6 Å². The van der Waals surface area contributed by atoms with Crippen molar-refractivity contribution in [2.45, 2.75) is 0 Å². The minimum absolute atomic E-state index is 0.356. The number of benzene rings is 3. The van der Waals surface area contributed by atoms with Crippen molar-refractivity contribution >= 4 is 34.2 Å². The van der Waals surface area contributed by atoms with Crippen molar-refractivity contribution in [2.75, 3.05) is 0 Å². The van der Waals surface area contributed by atoms with Gasteiger partial charge in [0.25, 0.3) is 0 Å². The Morgan fingerprint density at radius 2 is 1.23 bits per heavy atom. The molecule has 0 bridgehead atoms. The lowest BCUT2D eigenvalue weighted by molar-refractivity contribution is 0.626. The molecule has 0 aliphatic carbocycles. The first-order valence-electron chi connectivity index (χ1n) is 6.55. The first-order chi connectivity index (χ1) is 10.5. The molecule has 4 heteroatoms. The van der Waals surface area contributed by atoms with Gasteiger partial charge >= 0.3 is 0 Å². The van der Waals surface area contributed by atoms with Gasteiger partial charge in [-0.15, -0.1) is 0 Å². The van der Waals surface area contributed by atoms with Crippen LogP contribution in [0.3, 0.4) is 0 Å². The molecule has 0 N–H and O–H groups in total. The summed E-state index contributed by atoms with van der Waals surface area (Å²) >= 11 is 7.88. The van der Waals surface area contributed by atoms with E-state index in [2.05, 4.69) is 0 Å². The maximum absolute atomic E-state index is 14.4. The molecule has 0 nitrogen and oxygen atoms in total. The maximum Gasteiger partial charge on any atom is 0.132 e. The van der Waals surface area contributed by atoms with Crippen molar-refractivity contribution in [1.29, 1.82) is 0 Å². The van der Waals surface area contributed by atoms with E-state index in [1.807, 2.05) is 22.6 Å². The highest BCUT2D eigenvalue weighted by Gasteiger charge is 2.10. The molecule has 3 aromatic rings. The second-order valence-corrected chi connectivity index (χ2v) is 6.51. The Labute approximate surface area is 145 Å². The summed E-state index contributed by atoms with van der Waals surface area (Å²) in [6, 6.07) is 16.6. The Kier molecular flexibility index (Phi) is 4.45. The summed E-state index contributed by atoms with van der Waals surface area (Å²) in [5, 5.41) is 0.599. The highest BCUT2D eigenvalue weighted by atomic mass is 127. The third-order valence-corrected chi connectivity index (χ3v) is 4.29. The lowest BCUT2D eigenvalue weighted by Gasteiger charge is -2.08. The van der Waals surface area contributed by atoms with Crippen LogP contribution in [0.2, 0.25) is 5.02 Å². The van der Waals surface area contributed by atoms with Crippen molar-refractivity contribution in [2.24, 2.45) is 0 Å². The SMILES string of the molecule is Fc1cc(I)ccc1-c1ccc(-c2ccc(Cl)cc2)c(F)c1. The Morgan fingerprint density at radius 1 is 0.682 bits per heavy atom. The smallest absolute Gasteiger partial charge is 0.132 e. The summed E-state index contributed by atoms with van der Waals surface area (Å²) in [6.45, 7) is 0. The molecule has 0 saturated carbocycles. The Hall–Kier alpha value is -1.46. The van der Waals surface area contributed by atoms with E-state index in [9.17, 15) is 8.78 Å². The van der Waals surface area contributed by atoms with Gasteiger partial charge in [0, 0.05) is 19.7 Å². The molecule has 22 heavy (non-hydrogen) atoms. The molecule has 0 unspecified atom stereocenters. The summed E-state index contributed by atoms with van der Waals surface area (Å²) in [4.78, 5) is 0. The third-order valence-electron chi connectivity index (χ3n) is 3.37. The number of hydrogen-bond acceptors (Lipinski definition) is 0. The predicted molar refractivity (Wildman–Crippen MR) is 95.0 cm³/mol. The maximum atomic E-state index is 14.4. The Morgan fingerprint density at radius 3 is 1.86 bits per heavy atom. The summed E-state index contributed by atoms with van der Waals surface area (Å²) in [7, 11) is 0. The van der Waals surface area contributed by atoms with Crippen LogP contribution in [0.15, 0.2) is 60.7 Å². The van der Waals surface area contributed by atoms with E-state index in [1.54, 1.807) is 48.5 Å². The van der Waals surface area contributed by atoms with E-state index in [0.717, 1.165) is 9.13 Å². The van der Waals surface area contributed by atoms with Gasteiger partial charge in [0.05, 0.1) is 0 Å². The van der Waals surface area contributed by atoms with Gasteiger partial charge < -0.3 is 0 Å². The minimum Gasteiger partial charge on any atom is -0.206 e. The molecule has 0 fully saturated rings. The van der Waals surface area contributed by atoms with Crippen molar-refractivity contribution in [3.63, 3.8) is 0 Å². The normalized spacial score (nSPS) is 10.7. The van der Waals surface area contributed by atoms with Crippen LogP contribution in [-0.2, 0) is 0 Å². The predicted octanol–water partition coefficient (Wildman–Crippen LogP) is 6.56. The monoisotopic (exact) mass is 426 g/mol. The molecule has 0 amide bonds. The highest BCUT2D eigenvalue weighted by Crippen LogP contribution is 2.30. The zero-order valence-corrected chi connectivity index (χ0v) is 14.2. The summed E-state index contributed by atoms with van der Waals surface area (Å²) in [5.74, 6) is -0.747. The van der Waals surface area contributed by atoms with Crippen LogP contribution in [0.5, 0.6) is 0 Å². The van der Waals surface area contributed by atoms with E-state index in [1.165, 1.54) is 12.1 Å². The molecule has 0 aromatic heterocycles. The molecule has 0 spiro atoms. The quantitative estimate of drug-likeness (QED) is 0.407. The van der Waals surface area contributed by atoms with Gasteiger partial charge in [-0.3, -0.25) is 0 Å². The van der Waals surface area contributed by atoms with Crippen LogP contribution in [0.25, 0.3) is 22.3 Å². The fourth-order valence-corrected chi connectivity index (χ4v) is 2.85. The average molecular weight is 427 g/mol. The molecule has 3 aromatic carbocycles. The third kappa shape index (κ3) is 3.15. The lowest BCUT2D eigenvalue weighted by atomic mass is 9.99. The molecule has 0 saturated heterocycles. The van der Waals surface area contributed by atoms with Gasteiger partial charge in [-0.05, 0) is 64.0 Å². The summed E-state index contributed by atoms with van der Waals surface area (Å²) in [5.41, 5.74) is 2.11. The van der Waals surface area contributed by atoms with Gasteiger partial charge in [-0.2, -0.15) is 0 Å². The topological polar surface area (TPSA) is 0 Å². The largest absolute Gasteiger partial charge is 0.206 e. The van der Waals surface area contributed by atoms with Crippen LogP contribution in [0, 0.1) is 15.2 Å². The molecular formula is C18H10ClF2I. The number of halogens is 4. The molecule has 0 atom stereocenters. The van der Waals surface area contributed by atoms with Crippen molar-refractivity contribution in [3.8, 4) is 22.3 Å². The van der Waals surface area contributed by atoms with Crippen molar-refractivity contribution < 1.29 is 8.78 Å². The zero-order valence-electron chi connectivity index (χ0n) is 11.3. The Balaban J connectivity index is 2.03. The molecular weight excluding hydrogens is 417 g/mol. The Bertz CT molecular complexity index is 829. The van der Waals surface area contributed by atoms with Gasteiger partial charge in [-0.25, -0.2) is 8.78 Å². The van der Waals surface area contributed by atoms with Gasteiger partial charge in [0.1, 0.15) is 11.6 Å². The summed E-state index contributed by atoms with van der Waals surface area (Å²) in [6.07, 6.45) is 0. The fraction of sp³-hybridized carbons (Fsp3) is 0. The highest BCUT2D eigenvalue weighted by molar-refractivity contribution is 14.1.